The molecule has 2 N–H and O–H groups in total. The van der Waals surface area contributed by atoms with Crippen LogP contribution in [0.4, 0.5) is 0 Å². The first kappa shape index (κ1) is 14.8. The Kier molecular flexibility index (Phi) is 4.42. The van der Waals surface area contributed by atoms with Gasteiger partial charge in [-0.25, -0.2) is 9.78 Å². The van der Waals surface area contributed by atoms with E-state index in [0.717, 1.165) is 11.4 Å². The third-order valence-corrected chi connectivity index (χ3v) is 3.38. The normalized spacial score (nSPS) is 12.0. The maximum atomic E-state index is 12.3. The standard InChI is InChI=1S/C14H18N4O3/c1-9-4-5-12(18(9)2)13(19)17-11(14(20)21-3)6-10-7-15-8-16-10/h4-5,7-8,11H,6H2,1-3H3,(H,15,16)(H,17,19)/t11-/m0/s1. The van der Waals surface area contributed by atoms with Crippen molar-refractivity contribution in [2.45, 2.75) is 19.4 Å². The zero-order chi connectivity index (χ0) is 15.4. The maximum Gasteiger partial charge on any atom is 0.328 e. The highest BCUT2D eigenvalue weighted by molar-refractivity contribution is 5.95. The second-order valence-corrected chi connectivity index (χ2v) is 4.75. The highest BCUT2D eigenvalue weighted by Crippen LogP contribution is 2.07. The second-order valence-electron chi connectivity index (χ2n) is 4.75. The van der Waals surface area contributed by atoms with Crippen LogP contribution in [-0.4, -0.2) is 39.6 Å². The molecule has 0 saturated carbocycles. The Bertz CT molecular complexity index is 631. The monoisotopic (exact) mass is 290 g/mol. The summed E-state index contributed by atoms with van der Waals surface area (Å²) in [6, 6.07) is 2.80. The van der Waals surface area contributed by atoms with Gasteiger partial charge in [0.05, 0.1) is 13.4 Å². The predicted molar refractivity (Wildman–Crippen MR) is 75.7 cm³/mol. The number of methoxy groups -OCH3 is 1. The molecule has 1 atom stereocenters. The average molecular weight is 290 g/mol. The minimum atomic E-state index is -0.766. The van der Waals surface area contributed by atoms with E-state index in [1.807, 2.05) is 13.0 Å². The number of H-pyrrole nitrogens is 1. The number of aromatic nitrogens is 3. The van der Waals surface area contributed by atoms with Gasteiger partial charge in [-0.3, -0.25) is 4.79 Å². The molecule has 0 aliphatic rings. The number of ether oxygens (including phenoxy) is 1. The molecule has 2 aromatic rings. The van der Waals surface area contributed by atoms with Crippen LogP contribution < -0.4 is 5.32 Å². The molecule has 0 aromatic carbocycles. The van der Waals surface area contributed by atoms with Gasteiger partial charge in [-0.15, -0.1) is 0 Å². The summed E-state index contributed by atoms with van der Waals surface area (Å²) >= 11 is 0. The van der Waals surface area contributed by atoms with Crippen molar-refractivity contribution in [1.82, 2.24) is 19.9 Å². The largest absolute Gasteiger partial charge is 0.467 e. The van der Waals surface area contributed by atoms with Crippen LogP contribution in [0, 0.1) is 6.92 Å². The zero-order valence-corrected chi connectivity index (χ0v) is 12.2. The molecule has 0 aliphatic carbocycles. The first-order valence-electron chi connectivity index (χ1n) is 6.51. The number of rotatable bonds is 5. The summed E-state index contributed by atoms with van der Waals surface area (Å²) in [5.74, 6) is -0.815. The predicted octanol–water partition coefficient (Wildman–Crippen LogP) is 0.571. The van der Waals surface area contributed by atoms with Gasteiger partial charge in [-0.05, 0) is 19.1 Å². The third kappa shape index (κ3) is 3.31. The zero-order valence-electron chi connectivity index (χ0n) is 12.2. The summed E-state index contributed by atoms with van der Waals surface area (Å²) in [6.07, 6.45) is 3.42. The summed E-state index contributed by atoms with van der Waals surface area (Å²) < 4.78 is 6.50. The van der Waals surface area contributed by atoms with E-state index in [-0.39, 0.29) is 5.91 Å². The average Bonchev–Trinajstić information content (AvgIpc) is 3.08. The van der Waals surface area contributed by atoms with Crippen LogP contribution in [0.5, 0.6) is 0 Å². The van der Waals surface area contributed by atoms with Crippen LogP contribution >= 0.6 is 0 Å². The Hall–Kier alpha value is -2.57. The van der Waals surface area contributed by atoms with Gasteiger partial charge < -0.3 is 19.6 Å². The van der Waals surface area contributed by atoms with Gasteiger partial charge >= 0.3 is 5.97 Å². The quantitative estimate of drug-likeness (QED) is 0.788. The lowest BCUT2D eigenvalue weighted by Crippen LogP contribution is -2.43. The molecular weight excluding hydrogens is 272 g/mol. The van der Waals surface area contributed by atoms with Crippen molar-refractivity contribution < 1.29 is 14.3 Å². The number of imidazole rings is 1. The molecule has 7 heteroatoms. The molecule has 2 rings (SSSR count). The number of esters is 1. The van der Waals surface area contributed by atoms with E-state index in [0.29, 0.717) is 12.1 Å². The lowest BCUT2D eigenvalue weighted by molar-refractivity contribution is -0.142. The summed E-state index contributed by atoms with van der Waals surface area (Å²) in [5.41, 5.74) is 2.20. The molecule has 0 radical (unpaired) electrons. The van der Waals surface area contributed by atoms with E-state index in [2.05, 4.69) is 15.3 Å². The lowest BCUT2D eigenvalue weighted by Gasteiger charge is -2.16. The summed E-state index contributed by atoms with van der Waals surface area (Å²) in [5, 5.41) is 2.69. The second kappa shape index (κ2) is 6.25. The van der Waals surface area contributed by atoms with E-state index in [4.69, 9.17) is 4.74 Å². The Balaban J connectivity index is 2.13. The Morgan fingerprint density at radius 3 is 2.76 bits per heavy atom. The van der Waals surface area contributed by atoms with Crippen molar-refractivity contribution >= 4 is 11.9 Å². The first-order chi connectivity index (χ1) is 10.0. The van der Waals surface area contributed by atoms with Crippen LogP contribution in [0.15, 0.2) is 24.7 Å². The highest BCUT2D eigenvalue weighted by atomic mass is 16.5. The molecule has 0 bridgehead atoms. The molecule has 112 valence electrons. The Morgan fingerprint density at radius 1 is 1.48 bits per heavy atom. The molecule has 0 aliphatic heterocycles. The molecule has 1 amide bonds. The van der Waals surface area contributed by atoms with Crippen molar-refractivity contribution in [3.05, 3.63) is 41.7 Å². The highest BCUT2D eigenvalue weighted by Gasteiger charge is 2.24. The fourth-order valence-corrected chi connectivity index (χ4v) is 2.03. The van der Waals surface area contributed by atoms with Gasteiger partial charge in [0.25, 0.3) is 5.91 Å². The number of aryl methyl sites for hydroxylation is 1. The smallest absolute Gasteiger partial charge is 0.328 e. The third-order valence-electron chi connectivity index (χ3n) is 3.38. The number of aromatic amines is 1. The number of amides is 1. The summed E-state index contributed by atoms with van der Waals surface area (Å²) in [6.45, 7) is 1.90. The van der Waals surface area contributed by atoms with E-state index in [9.17, 15) is 9.59 Å². The molecule has 21 heavy (non-hydrogen) atoms. The van der Waals surface area contributed by atoms with Gasteiger partial charge in [0, 0.05) is 31.1 Å². The molecule has 0 fully saturated rings. The van der Waals surface area contributed by atoms with E-state index in [1.165, 1.54) is 13.4 Å². The fraction of sp³-hybridized carbons (Fsp3) is 0.357. The maximum absolute atomic E-state index is 12.3. The molecule has 0 unspecified atom stereocenters. The molecule has 0 spiro atoms. The SMILES string of the molecule is COC(=O)[C@H](Cc1cnc[nH]1)NC(=O)c1ccc(C)n1C. The molecular formula is C14H18N4O3. The van der Waals surface area contributed by atoms with Crippen molar-refractivity contribution in [3.63, 3.8) is 0 Å². The number of nitrogens with zero attached hydrogens (tertiary/aromatic N) is 2. The number of nitrogens with one attached hydrogen (secondary N) is 2. The first-order valence-corrected chi connectivity index (χ1v) is 6.51. The van der Waals surface area contributed by atoms with Crippen LogP contribution in [0.2, 0.25) is 0 Å². The number of hydrogen-bond donors (Lipinski definition) is 2. The minimum absolute atomic E-state index is 0.293. The fourth-order valence-electron chi connectivity index (χ4n) is 2.03. The van der Waals surface area contributed by atoms with Crippen molar-refractivity contribution in [2.24, 2.45) is 7.05 Å². The number of carbonyl (C=O) groups is 2. The molecule has 2 aromatic heterocycles. The van der Waals surface area contributed by atoms with E-state index >= 15 is 0 Å². The van der Waals surface area contributed by atoms with Crippen LogP contribution in [0.3, 0.4) is 0 Å². The van der Waals surface area contributed by atoms with E-state index < -0.39 is 12.0 Å². The van der Waals surface area contributed by atoms with Crippen molar-refractivity contribution in [2.75, 3.05) is 7.11 Å². The number of hydrogen-bond acceptors (Lipinski definition) is 4. The summed E-state index contributed by atoms with van der Waals surface area (Å²) in [7, 11) is 3.09. The van der Waals surface area contributed by atoms with Crippen molar-refractivity contribution in [3.8, 4) is 0 Å². The number of carbonyl (C=O) groups excluding carboxylic acids is 2. The van der Waals surface area contributed by atoms with Gasteiger partial charge in [-0.1, -0.05) is 0 Å². The lowest BCUT2D eigenvalue weighted by atomic mass is 10.1. The minimum Gasteiger partial charge on any atom is -0.467 e. The Labute approximate surface area is 122 Å². The Morgan fingerprint density at radius 2 is 2.24 bits per heavy atom. The van der Waals surface area contributed by atoms with Gasteiger partial charge in [-0.2, -0.15) is 0 Å². The van der Waals surface area contributed by atoms with Crippen molar-refractivity contribution in [1.29, 1.82) is 0 Å². The molecule has 2 heterocycles. The van der Waals surface area contributed by atoms with E-state index in [1.54, 1.807) is 23.9 Å². The van der Waals surface area contributed by atoms with Gasteiger partial charge in [0.2, 0.25) is 0 Å². The van der Waals surface area contributed by atoms with Crippen LogP contribution in [-0.2, 0) is 23.0 Å². The van der Waals surface area contributed by atoms with Gasteiger partial charge in [0.15, 0.2) is 0 Å². The topological polar surface area (TPSA) is 89.0 Å². The van der Waals surface area contributed by atoms with Gasteiger partial charge in [0.1, 0.15) is 11.7 Å². The molecule has 0 saturated heterocycles. The van der Waals surface area contributed by atoms with Crippen LogP contribution in [0.1, 0.15) is 21.9 Å². The van der Waals surface area contributed by atoms with Crippen LogP contribution in [0.25, 0.3) is 0 Å². The summed E-state index contributed by atoms with van der Waals surface area (Å²) in [4.78, 5) is 30.9. The molecule has 7 nitrogen and oxygen atoms in total.